The third-order valence-electron chi connectivity index (χ3n) is 4.72. The molecule has 0 atom stereocenters. The number of nitrogens with one attached hydrogen (secondary N) is 1. The molecular weight excluding hydrogens is 340 g/mol. The van der Waals surface area contributed by atoms with Gasteiger partial charge in [-0.25, -0.2) is 4.98 Å². The number of carbonyl (C=O) groups excluding carboxylic acids is 1. The van der Waals surface area contributed by atoms with Crippen LogP contribution in [0.4, 0.5) is 11.5 Å². The van der Waals surface area contributed by atoms with Gasteiger partial charge in [-0.3, -0.25) is 4.79 Å². The van der Waals surface area contributed by atoms with Crippen LogP contribution < -0.4 is 15.0 Å². The van der Waals surface area contributed by atoms with Crippen molar-refractivity contribution < 1.29 is 9.53 Å². The van der Waals surface area contributed by atoms with Crippen molar-refractivity contribution in [2.24, 2.45) is 0 Å². The van der Waals surface area contributed by atoms with E-state index in [2.05, 4.69) is 34.1 Å². The van der Waals surface area contributed by atoms with E-state index in [0.717, 1.165) is 50.6 Å². The summed E-state index contributed by atoms with van der Waals surface area (Å²) in [7, 11) is 2.13. The lowest BCUT2D eigenvalue weighted by molar-refractivity contribution is 0.102. The molecule has 0 saturated carbocycles. The summed E-state index contributed by atoms with van der Waals surface area (Å²) in [5, 5.41) is 2.90. The Morgan fingerprint density at radius 3 is 2.48 bits per heavy atom. The van der Waals surface area contributed by atoms with Crippen molar-refractivity contribution in [1.29, 1.82) is 0 Å². The topological polar surface area (TPSA) is 57.7 Å². The molecular formula is C21H28N4O2. The summed E-state index contributed by atoms with van der Waals surface area (Å²) in [6, 6.07) is 11.1. The highest BCUT2D eigenvalue weighted by molar-refractivity contribution is 6.04. The Bertz CT molecular complexity index is 723. The molecule has 2 aromatic rings. The van der Waals surface area contributed by atoms with Crippen LogP contribution in [-0.4, -0.2) is 55.6 Å². The minimum atomic E-state index is -0.149. The maximum Gasteiger partial charge on any atom is 0.255 e. The van der Waals surface area contributed by atoms with Crippen molar-refractivity contribution in [2.45, 2.75) is 19.8 Å². The fraction of sp³-hybridized carbons (Fsp3) is 0.429. The highest BCUT2D eigenvalue weighted by Crippen LogP contribution is 2.18. The van der Waals surface area contributed by atoms with Gasteiger partial charge in [0.05, 0.1) is 18.5 Å². The average Bonchev–Trinajstić information content (AvgIpc) is 2.70. The first kappa shape index (κ1) is 19.2. The van der Waals surface area contributed by atoms with Gasteiger partial charge in [-0.2, -0.15) is 0 Å². The Hall–Kier alpha value is -2.60. The number of hydrogen-bond donors (Lipinski definition) is 1. The van der Waals surface area contributed by atoms with Crippen molar-refractivity contribution in [3.05, 3.63) is 48.2 Å². The zero-order chi connectivity index (χ0) is 19.1. The van der Waals surface area contributed by atoms with E-state index in [-0.39, 0.29) is 5.91 Å². The van der Waals surface area contributed by atoms with Crippen molar-refractivity contribution in [2.75, 3.05) is 50.1 Å². The summed E-state index contributed by atoms with van der Waals surface area (Å²) in [5.74, 6) is 1.59. The maximum atomic E-state index is 12.4. The Labute approximate surface area is 161 Å². The van der Waals surface area contributed by atoms with Gasteiger partial charge in [0.25, 0.3) is 5.91 Å². The standard InChI is InChI=1S/C21H28N4O2/c1-3-4-15-27-19-8-5-17(6-9-19)21(26)23-18-7-10-20(22-16-18)25-13-11-24(2)12-14-25/h5-10,16H,3-4,11-15H2,1-2H3,(H,23,26). The van der Waals surface area contributed by atoms with Crippen LogP contribution >= 0.6 is 0 Å². The Morgan fingerprint density at radius 1 is 1.11 bits per heavy atom. The molecule has 0 radical (unpaired) electrons. The van der Waals surface area contributed by atoms with Gasteiger partial charge in [-0.1, -0.05) is 13.3 Å². The van der Waals surface area contributed by atoms with Crippen molar-refractivity contribution in [1.82, 2.24) is 9.88 Å². The SMILES string of the molecule is CCCCOc1ccc(C(=O)Nc2ccc(N3CCN(C)CC3)nc2)cc1. The van der Waals surface area contributed by atoms with Crippen LogP contribution in [-0.2, 0) is 0 Å². The predicted molar refractivity (Wildman–Crippen MR) is 109 cm³/mol. The van der Waals surface area contributed by atoms with E-state index in [9.17, 15) is 4.79 Å². The summed E-state index contributed by atoms with van der Waals surface area (Å²) in [6.45, 7) is 6.86. The Balaban J connectivity index is 1.54. The normalized spacial score (nSPS) is 14.8. The molecule has 1 aromatic heterocycles. The van der Waals surface area contributed by atoms with Crippen LogP contribution in [0.25, 0.3) is 0 Å². The van der Waals surface area contributed by atoms with Gasteiger partial charge >= 0.3 is 0 Å². The predicted octanol–water partition coefficient (Wildman–Crippen LogP) is 3.26. The number of likely N-dealkylation sites (N-methyl/N-ethyl adjacent to an activating group) is 1. The second kappa shape index (κ2) is 9.37. The molecule has 0 bridgehead atoms. The van der Waals surface area contributed by atoms with Gasteiger partial charge < -0.3 is 19.9 Å². The molecule has 6 heteroatoms. The third-order valence-corrected chi connectivity index (χ3v) is 4.72. The second-order valence-corrected chi connectivity index (χ2v) is 6.88. The van der Waals surface area contributed by atoms with Gasteiger partial charge in [-0.05, 0) is 49.9 Å². The molecule has 6 nitrogen and oxygen atoms in total. The van der Waals surface area contributed by atoms with E-state index in [4.69, 9.17) is 4.74 Å². The number of benzene rings is 1. The molecule has 0 spiro atoms. The number of anilines is 2. The summed E-state index contributed by atoms with van der Waals surface area (Å²) in [6.07, 6.45) is 3.84. The smallest absolute Gasteiger partial charge is 0.255 e. The molecule has 1 fully saturated rings. The second-order valence-electron chi connectivity index (χ2n) is 6.88. The molecule has 27 heavy (non-hydrogen) atoms. The number of amides is 1. The van der Waals surface area contributed by atoms with Crippen LogP contribution in [0.3, 0.4) is 0 Å². The quantitative estimate of drug-likeness (QED) is 0.760. The number of ether oxygens (including phenoxy) is 1. The number of piperazine rings is 1. The fourth-order valence-electron chi connectivity index (χ4n) is 2.92. The van der Waals surface area contributed by atoms with E-state index in [1.807, 2.05) is 24.3 Å². The highest BCUT2D eigenvalue weighted by Gasteiger charge is 2.15. The van der Waals surface area contributed by atoms with Crippen LogP contribution in [0.1, 0.15) is 30.1 Å². The van der Waals surface area contributed by atoms with Crippen LogP contribution in [0.15, 0.2) is 42.6 Å². The number of hydrogen-bond acceptors (Lipinski definition) is 5. The van der Waals surface area contributed by atoms with Gasteiger partial charge in [0.2, 0.25) is 0 Å². The van der Waals surface area contributed by atoms with Crippen LogP contribution in [0.2, 0.25) is 0 Å². The first-order valence-corrected chi connectivity index (χ1v) is 9.59. The van der Waals surface area contributed by atoms with Gasteiger partial charge in [0.15, 0.2) is 0 Å². The molecule has 2 heterocycles. The first-order chi connectivity index (χ1) is 13.2. The Morgan fingerprint density at radius 2 is 1.85 bits per heavy atom. The van der Waals surface area contributed by atoms with E-state index in [1.165, 1.54) is 0 Å². The van der Waals surface area contributed by atoms with E-state index in [1.54, 1.807) is 18.3 Å². The lowest BCUT2D eigenvalue weighted by Gasteiger charge is -2.33. The molecule has 1 amide bonds. The number of pyridine rings is 1. The lowest BCUT2D eigenvalue weighted by atomic mass is 10.2. The van der Waals surface area contributed by atoms with Crippen molar-refractivity contribution in [3.63, 3.8) is 0 Å². The minimum Gasteiger partial charge on any atom is -0.494 e. The van der Waals surface area contributed by atoms with Crippen LogP contribution in [0, 0.1) is 0 Å². The molecule has 1 aliphatic heterocycles. The largest absolute Gasteiger partial charge is 0.494 e. The van der Waals surface area contributed by atoms with Gasteiger partial charge in [0.1, 0.15) is 11.6 Å². The summed E-state index contributed by atoms with van der Waals surface area (Å²) >= 11 is 0. The molecule has 1 saturated heterocycles. The minimum absolute atomic E-state index is 0.149. The summed E-state index contributed by atoms with van der Waals surface area (Å²) < 4.78 is 5.63. The molecule has 0 unspecified atom stereocenters. The van der Waals surface area contributed by atoms with E-state index >= 15 is 0 Å². The van der Waals surface area contributed by atoms with E-state index < -0.39 is 0 Å². The maximum absolute atomic E-state index is 12.4. The molecule has 1 N–H and O–H groups in total. The summed E-state index contributed by atoms with van der Waals surface area (Å²) in [5.41, 5.74) is 1.29. The number of rotatable bonds is 7. The monoisotopic (exact) mass is 368 g/mol. The first-order valence-electron chi connectivity index (χ1n) is 9.59. The molecule has 0 aliphatic carbocycles. The van der Waals surface area contributed by atoms with Crippen molar-refractivity contribution >= 4 is 17.4 Å². The Kier molecular flexibility index (Phi) is 6.65. The fourth-order valence-corrected chi connectivity index (χ4v) is 2.92. The zero-order valence-electron chi connectivity index (χ0n) is 16.1. The summed E-state index contributed by atoms with van der Waals surface area (Å²) in [4.78, 5) is 21.5. The van der Waals surface area contributed by atoms with Crippen molar-refractivity contribution in [3.8, 4) is 5.75 Å². The number of carbonyl (C=O) groups is 1. The number of unbranched alkanes of at least 4 members (excludes halogenated alkanes) is 1. The zero-order valence-corrected chi connectivity index (χ0v) is 16.1. The molecule has 144 valence electrons. The van der Waals surface area contributed by atoms with Gasteiger partial charge in [-0.15, -0.1) is 0 Å². The molecule has 1 aromatic carbocycles. The number of aromatic nitrogens is 1. The lowest BCUT2D eigenvalue weighted by Crippen LogP contribution is -2.44. The number of nitrogens with zero attached hydrogens (tertiary/aromatic N) is 3. The molecule has 3 rings (SSSR count). The van der Waals surface area contributed by atoms with E-state index in [0.29, 0.717) is 17.9 Å². The highest BCUT2D eigenvalue weighted by atomic mass is 16.5. The third kappa shape index (κ3) is 5.44. The van der Waals surface area contributed by atoms with Crippen LogP contribution in [0.5, 0.6) is 5.75 Å². The van der Waals surface area contributed by atoms with Gasteiger partial charge in [0, 0.05) is 31.7 Å². The average molecular weight is 368 g/mol. The molecule has 1 aliphatic rings.